The van der Waals surface area contributed by atoms with Crippen LogP contribution in [-0.4, -0.2) is 59.2 Å². The smallest absolute Gasteiger partial charge is 0.330 e. The quantitative estimate of drug-likeness (QED) is 0.263. The van der Waals surface area contributed by atoms with Crippen molar-refractivity contribution >= 4 is 29.1 Å². The fraction of sp³-hybridized carbons (Fsp3) is 0.320. The van der Waals surface area contributed by atoms with E-state index in [-0.39, 0.29) is 29.8 Å². The number of carbonyl (C=O) groups is 3. The van der Waals surface area contributed by atoms with E-state index in [0.717, 1.165) is 5.56 Å². The molecule has 0 aliphatic rings. The van der Waals surface area contributed by atoms with E-state index in [9.17, 15) is 19.5 Å². The van der Waals surface area contributed by atoms with Crippen LogP contribution in [0.2, 0.25) is 0 Å². The van der Waals surface area contributed by atoms with Gasteiger partial charge in [0.25, 0.3) is 11.8 Å². The third-order valence-electron chi connectivity index (χ3n) is 5.23. The summed E-state index contributed by atoms with van der Waals surface area (Å²) < 4.78 is 10.4. The maximum atomic E-state index is 13.0. The van der Waals surface area contributed by atoms with E-state index in [4.69, 9.17) is 9.47 Å². The minimum Gasteiger partial charge on any atom is -0.508 e. The molecule has 3 N–H and O–H groups in total. The maximum absolute atomic E-state index is 13.0. The van der Waals surface area contributed by atoms with Crippen molar-refractivity contribution in [2.45, 2.75) is 32.7 Å². The number of ether oxygens (including phenoxy) is 2. The summed E-state index contributed by atoms with van der Waals surface area (Å²) >= 11 is 1.27. The van der Waals surface area contributed by atoms with Crippen molar-refractivity contribution in [1.29, 1.82) is 0 Å². The number of aromatic hydroxyl groups is 1. The molecular formula is C25H28N4O6S. The molecule has 2 heterocycles. The first-order valence-electron chi connectivity index (χ1n) is 11.2. The number of phenolic OH excluding ortho intramolecular Hbond substituents is 1. The molecule has 11 heteroatoms. The van der Waals surface area contributed by atoms with E-state index >= 15 is 0 Å². The van der Waals surface area contributed by atoms with Crippen molar-refractivity contribution in [2.24, 2.45) is 0 Å². The number of amides is 2. The predicted octanol–water partition coefficient (Wildman–Crippen LogP) is 2.57. The number of aromatic nitrogens is 2. The summed E-state index contributed by atoms with van der Waals surface area (Å²) in [6.45, 7) is 3.51. The number of carbonyl (C=O) groups excluding carboxylic acids is 3. The van der Waals surface area contributed by atoms with Gasteiger partial charge in [0.15, 0.2) is 0 Å². The summed E-state index contributed by atoms with van der Waals surface area (Å²) in [7, 11) is 1.20. The van der Waals surface area contributed by atoms with Gasteiger partial charge in [-0.15, -0.1) is 11.3 Å². The Kier molecular flexibility index (Phi) is 9.34. The average Bonchev–Trinajstić information content (AvgIpc) is 3.38. The van der Waals surface area contributed by atoms with Crippen LogP contribution in [0.5, 0.6) is 11.8 Å². The van der Waals surface area contributed by atoms with E-state index in [0.29, 0.717) is 35.7 Å². The second kappa shape index (κ2) is 12.6. The number of methoxy groups -OCH3 is 1. The molecule has 2 aromatic heterocycles. The number of esters is 1. The van der Waals surface area contributed by atoms with Crippen molar-refractivity contribution in [3.8, 4) is 11.8 Å². The standard InChI is InChI=1S/C25H28N4O6S/c1-15-21(16(2)28-25(27-15)35-11-5-8-17-7-4-9-18(30)13-17)23(32)29-19(24(33)34-3)14-26-22(31)20-10-6-12-36-20/h4,6-7,9-10,12-13,19,30H,5,8,11,14H2,1-3H3,(H,26,31)(H,29,32). The van der Waals surface area contributed by atoms with Gasteiger partial charge in [0, 0.05) is 6.54 Å². The molecule has 0 spiro atoms. The third-order valence-corrected chi connectivity index (χ3v) is 6.10. The lowest BCUT2D eigenvalue weighted by Crippen LogP contribution is -2.49. The van der Waals surface area contributed by atoms with E-state index in [1.54, 1.807) is 49.6 Å². The second-order valence-corrected chi connectivity index (χ2v) is 8.86. The molecule has 0 aliphatic carbocycles. The van der Waals surface area contributed by atoms with Gasteiger partial charge >= 0.3 is 12.0 Å². The van der Waals surface area contributed by atoms with Gasteiger partial charge in [0.05, 0.1) is 35.5 Å². The van der Waals surface area contributed by atoms with Crippen LogP contribution in [0.25, 0.3) is 0 Å². The first kappa shape index (κ1) is 26.6. The van der Waals surface area contributed by atoms with Gasteiger partial charge in [-0.3, -0.25) is 9.59 Å². The lowest BCUT2D eigenvalue weighted by Gasteiger charge is -2.18. The van der Waals surface area contributed by atoms with Gasteiger partial charge in [0.2, 0.25) is 0 Å². The lowest BCUT2D eigenvalue weighted by molar-refractivity contribution is -0.142. The minimum atomic E-state index is -1.10. The molecule has 0 radical (unpaired) electrons. The fourth-order valence-corrected chi connectivity index (χ4v) is 4.13. The lowest BCUT2D eigenvalue weighted by atomic mass is 10.1. The largest absolute Gasteiger partial charge is 0.508 e. The Morgan fingerprint density at radius 3 is 2.47 bits per heavy atom. The zero-order valence-electron chi connectivity index (χ0n) is 20.2. The van der Waals surface area contributed by atoms with Crippen molar-refractivity contribution in [2.75, 3.05) is 20.3 Å². The van der Waals surface area contributed by atoms with Crippen molar-refractivity contribution in [1.82, 2.24) is 20.6 Å². The van der Waals surface area contributed by atoms with Crippen LogP contribution in [-0.2, 0) is 16.0 Å². The fourth-order valence-electron chi connectivity index (χ4n) is 3.49. The first-order chi connectivity index (χ1) is 17.3. The number of hydrogen-bond acceptors (Lipinski definition) is 9. The van der Waals surface area contributed by atoms with Crippen molar-refractivity contribution in [3.63, 3.8) is 0 Å². The highest BCUT2D eigenvalue weighted by atomic mass is 32.1. The Morgan fingerprint density at radius 1 is 1.08 bits per heavy atom. The molecule has 0 saturated heterocycles. The monoisotopic (exact) mass is 512 g/mol. The van der Waals surface area contributed by atoms with Crippen LogP contribution >= 0.6 is 11.3 Å². The zero-order valence-corrected chi connectivity index (χ0v) is 21.1. The minimum absolute atomic E-state index is 0.144. The molecule has 3 rings (SSSR count). The van der Waals surface area contributed by atoms with Crippen LogP contribution in [0.15, 0.2) is 41.8 Å². The number of rotatable bonds is 11. The topological polar surface area (TPSA) is 140 Å². The Hall–Kier alpha value is -3.99. The highest BCUT2D eigenvalue weighted by Crippen LogP contribution is 2.16. The molecule has 1 unspecified atom stereocenters. The molecule has 3 aromatic rings. The Balaban J connectivity index is 1.59. The normalized spacial score (nSPS) is 11.4. The van der Waals surface area contributed by atoms with E-state index in [1.807, 2.05) is 6.07 Å². The Morgan fingerprint density at radius 2 is 1.83 bits per heavy atom. The second-order valence-electron chi connectivity index (χ2n) is 7.91. The van der Waals surface area contributed by atoms with E-state index < -0.39 is 17.9 Å². The number of thiophene rings is 1. The maximum Gasteiger partial charge on any atom is 0.330 e. The molecule has 0 saturated carbocycles. The number of nitrogens with zero attached hydrogens (tertiary/aromatic N) is 2. The summed E-state index contributed by atoms with van der Waals surface area (Å²) in [5, 5.41) is 16.5. The molecule has 0 fully saturated rings. The Labute approximate surface area is 212 Å². The van der Waals surface area contributed by atoms with Crippen molar-refractivity contribution < 1.29 is 29.0 Å². The van der Waals surface area contributed by atoms with E-state index in [2.05, 4.69) is 20.6 Å². The first-order valence-corrected chi connectivity index (χ1v) is 12.1. The van der Waals surface area contributed by atoms with Crippen LogP contribution in [0.3, 0.4) is 0 Å². The molecule has 0 bridgehead atoms. The van der Waals surface area contributed by atoms with Gasteiger partial charge in [-0.1, -0.05) is 18.2 Å². The summed E-state index contributed by atoms with van der Waals surface area (Å²) in [5.41, 5.74) is 1.97. The number of phenols is 1. The number of hydrogen-bond donors (Lipinski definition) is 3. The third kappa shape index (κ3) is 7.25. The van der Waals surface area contributed by atoms with Gasteiger partial charge in [-0.05, 0) is 55.8 Å². The zero-order chi connectivity index (χ0) is 26.1. The van der Waals surface area contributed by atoms with Gasteiger partial charge < -0.3 is 25.2 Å². The van der Waals surface area contributed by atoms with Gasteiger partial charge in [-0.25, -0.2) is 4.79 Å². The SMILES string of the molecule is COC(=O)C(CNC(=O)c1cccs1)NC(=O)c1c(C)nc(OCCCc2cccc(O)c2)nc1C. The summed E-state index contributed by atoms with van der Waals surface area (Å²) in [6.07, 6.45) is 1.40. The molecule has 2 amide bonds. The molecule has 0 aliphatic heterocycles. The van der Waals surface area contributed by atoms with Crippen molar-refractivity contribution in [3.05, 3.63) is 69.2 Å². The van der Waals surface area contributed by atoms with E-state index in [1.165, 1.54) is 18.4 Å². The van der Waals surface area contributed by atoms with Crippen LogP contribution in [0.4, 0.5) is 0 Å². The molecule has 1 aromatic carbocycles. The molecule has 10 nitrogen and oxygen atoms in total. The highest BCUT2D eigenvalue weighted by molar-refractivity contribution is 7.12. The van der Waals surface area contributed by atoms with Crippen LogP contribution in [0.1, 0.15) is 43.4 Å². The molecule has 190 valence electrons. The average molecular weight is 513 g/mol. The van der Waals surface area contributed by atoms with Crippen LogP contribution < -0.4 is 15.4 Å². The number of aryl methyl sites for hydroxylation is 3. The predicted molar refractivity (Wildman–Crippen MR) is 133 cm³/mol. The van der Waals surface area contributed by atoms with Crippen LogP contribution in [0, 0.1) is 13.8 Å². The number of benzene rings is 1. The van der Waals surface area contributed by atoms with Gasteiger partial charge in [-0.2, -0.15) is 9.97 Å². The molecular weight excluding hydrogens is 484 g/mol. The Bertz CT molecular complexity index is 1190. The highest BCUT2D eigenvalue weighted by Gasteiger charge is 2.26. The molecule has 36 heavy (non-hydrogen) atoms. The summed E-state index contributed by atoms with van der Waals surface area (Å²) in [6, 6.07) is 9.47. The summed E-state index contributed by atoms with van der Waals surface area (Å²) in [4.78, 5) is 46.4. The number of nitrogens with one attached hydrogen (secondary N) is 2. The van der Waals surface area contributed by atoms with Gasteiger partial charge in [0.1, 0.15) is 11.8 Å². The summed E-state index contributed by atoms with van der Waals surface area (Å²) in [5.74, 6) is -1.40. The molecule has 1 atom stereocenters.